The fourth-order valence-corrected chi connectivity index (χ4v) is 18.1. The van der Waals surface area contributed by atoms with Crippen LogP contribution in [0.25, 0.3) is 0 Å². The molecule has 3 aliphatic rings. The van der Waals surface area contributed by atoms with E-state index in [0.717, 1.165) is 30.1 Å². The number of hydrogen-bond donors (Lipinski definition) is 2. The number of aliphatic hydroxyl groups is 2. The van der Waals surface area contributed by atoms with Gasteiger partial charge in [0, 0.05) is 5.92 Å². The van der Waals surface area contributed by atoms with Crippen LogP contribution in [0.2, 0.25) is 34.8 Å². The maximum Gasteiger partial charge on any atom is 0.201 e. The zero-order chi connectivity index (χ0) is 31.8. The van der Waals surface area contributed by atoms with E-state index < -0.39 is 52.3 Å². The van der Waals surface area contributed by atoms with Gasteiger partial charge in [-0.05, 0) is 59.6 Å². The summed E-state index contributed by atoms with van der Waals surface area (Å²) in [6, 6.07) is 13.3. The Labute approximate surface area is 264 Å². The van der Waals surface area contributed by atoms with Crippen LogP contribution >= 0.6 is 0 Å². The lowest BCUT2D eigenvalue weighted by Crippen LogP contribution is -2.79. The van der Waals surface area contributed by atoms with E-state index in [0.29, 0.717) is 42.5 Å². The first-order valence-corrected chi connectivity index (χ1v) is 22.1. The Morgan fingerprint density at radius 3 is 1.95 bits per heavy atom. The summed E-state index contributed by atoms with van der Waals surface area (Å²) in [6.45, 7) is 23.2. The van der Waals surface area contributed by atoms with Gasteiger partial charge in [-0.25, -0.2) is 0 Å². The molecule has 6 nitrogen and oxygen atoms in total. The number of aliphatic hydroxyl groups excluding tert-OH is 1. The van der Waals surface area contributed by atoms with E-state index >= 15 is 0 Å². The van der Waals surface area contributed by atoms with Crippen LogP contribution in [0.15, 0.2) is 30.3 Å². The van der Waals surface area contributed by atoms with Crippen molar-refractivity contribution in [3.8, 4) is 0 Å². The summed E-state index contributed by atoms with van der Waals surface area (Å²) in [5.41, 5.74) is -0.405. The van der Waals surface area contributed by atoms with Gasteiger partial charge in [0.1, 0.15) is 23.4 Å². The van der Waals surface area contributed by atoms with Crippen LogP contribution in [-0.2, 0) is 24.9 Å². The van der Waals surface area contributed by atoms with Crippen molar-refractivity contribution in [2.24, 2.45) is 5.92 Å². The minimum Gasteiger partial charge on any atom is -0.411 e. The van der Waals surface area contributed by atoms with Crippen molar-refractivity contribution in [2.75, 3.05) is 0 Å². The molecule has 2 saturated carbocycles. The van der Waals surface area contributed by atoms with Gasteiger partial charge in [0.15, 0.2) is 8.32 Å². The molecule has 43 heavy (non-hydrogen) atoms. The van der Waals surface area contributed by atoms with E-state index in [1.54, 1.807) is 0 Å². The molecule has 1 aromatic carbocycles. The number of ether oxygens (including phenoxy) is 2. The van der Waals surface area contributed by atoms with Crippen molar-refractivity contribution in [1.82, 2.24) is 0 Å². The average molecular weight is 635 g/mol. The van der Waals surface area contributed by atoms with Gasteiger partial charge < -0.3 is 28.5 Å². The SMILES string of the molecule is CCC[C@]12O[C@@H]3CCC(O)[C@@]1(O)[C@@H]3[C@@H](O[Si](CC)(CC)CC)[C@H](OCc1ccccc1)[C@H]2O[Si](C(C)C)(C(C)C)C(C)C. The van der Waals surface area contributed by atoms with Crippen molar-refractivity contribution >= 4 is 16.6 Å². The lowest BCUT2D eigenvalue weighted by molar-refractivity contribution is -0.282. The van der Waals surface area contributed by atoms with Crippen molar-refractivity contribution in [2.45, 2.75) is 178 Å². The van der Waals surface area contributed by atoms with Gasteiger partial charge >= 0.3 is 0 Å². The zero-order valence-corrected chi connectivity index (χ0v) is 30.8. The molecule has 0 amide bonds. The Bertz CT molecular complexity index is 1000. The van der Waals surface area contributed by atoms with Crippen LogP contribution in [-0.4, -0.2) is 68.6 Å². The largest absolute Gasteiger partial charge is 0.411 e. The fraction of sp³-hybridized carbons (Fsp3) is 0.829. The standard InChI is InChI=1S/C35H62O6Si2/c1-11-22-34-33(41-43(24(5)6,25(7)8)26(9)10)32(38-23-27-18-16-15-17-19-27)31(40-42(12-2,13-3)14-4)30-28(39-34)20-21-29(36)35(30,34)37/h15-19,24-26,28-33,36-37H,11-14,20-23H2,1-10H3/t28-,29?,30+,31-,32+,33-,34-,35-/m1/s1. The van der Waals surface area contributed by atoms with Crippen molar-refractivity contribution in [3.05, 3.63) is 35.9 Å². The summed E-state index contributed by atoms with van der Waals surface area (Å²) < 4.78 is 29.5. The number of benzene rings is 1. The topological polar surface area (TPSA) is 77.4 Å². The maximum absolute atomic E-state index is 13.1. The summed E-state index contributed by atoms with van der Waals surface area (Å²) in [7, 11) is -4.66. The van der Waals surface area contributed by atoms with E-state index in [2.05, 4.69) is 81.4 Å². The third kappa shape index (κ3) is 5.68. The highest BCUT2D eigenvalue weighted by Gasteiger charge is 2.80. The fourth-order valence-electron chi connectivity index (χ4n) is 9.63. The van der Waals surface area contributed by atoms with Crippen LogP contribution in [0.1, 0.15) is 100 Å². The van der Waals surface area contributed by atoms with Crippen molar-refractivity contribution < 1.29 is 28.5 Å². The second-order valence-electron chi connectivity index (χ2n) is 14.7. The lowest BCUT2D eigenvalue weighted by Gasteiger charge is -2.61. The molecule has 0 radical (unpaired) electrons. The first-order valence-electron chi connectivity index (χ1n) is 17.4. The quantitative estimate of drug-likeness (QED) is 0.191. The molecule has 8 heteroatoms. The molecule has 1 unspecified atom stereocenters. The molecule has 3 fully saturated rings. The molecule has 1 aliphatic heterocycles. The highest BCUT2D eigenvalue weighted by molar-refractivity contribution is 6.77. The van der Waals surface area contributed by atoms with E-state index in [1.807, 2.05) is 18.2 Å². The van der Waals surface area contributed by atoms with Gasteiger partial charge in [0.05, 0.1) is 24.9 Å². The summed E-state index contributed by atoms with van der Waals surface area (Å²) in [5.74, 6) is -0.367. The Morgan fingerprint density at radius 1 is 0.860 bits per heavy atom. The molecular formula is C35H62O6Si2. The third-order valence-corrected chi connectivity index (χ3v) is 22.6. The van der Waals surface area contributed by atoms with Gasteiger partial charge in [-0.15, -0.1) is 0 Å². The van der Waals surface area contributed by atoms with E-state index in [1.165, 1.54) is 0 Å². The summed E-state index contributed by atoms with van der Waals surface area (Å²) in [5, 5.41) is 24.9. The van der Waals surface area contributed by atoms with E-state index in [9.17, 15) is 10.2 Å². The normalized spacial score (nSPS) is 34.5. The van der Waals surface area contributed by atoms with Crippen LogP contribution in [0, 0.1) is 5.92 Å². The smallest absolute Gasteiger partial charge is 0.201 e. The predicted molar refractivity (Wildman–Crippen MR) is 179 cm³/mol. The Kier molecular flexibility index (Phi) is 11.2. The Morgan fingerprint density at radius 2 is 1.44 bits per heavy atom. The predicted octanol–water partition coefficient (Wildman–Crippen LogP) is 7.98. The molecule has 246 valence electrons. The summed E-state index contributed by atoms with van der Waals surface area (Å²) >= 11 is 0. The first kappa shape index (κ1) is 35.3. The second kappa shape index (κ2) is 13.6. The molecule has 4 rings (SSSR count). The molecule has 2 N–H and O–H groups in total. The van der Waals surface area contributed by atoms with E-state index in [-0.39, 0.29) is 12.0 Å². The number of hydrogen-bond acceptors (Lipinski definition) is 6. The molecular weight excluding hydrogens is 573 g/mol. The average Bonchev–Trinajstić information content (AvgIpc) is 3.09. The Hall–Kier alpha value is -0.586. The lowest BCUT2D eigenvalue weighted by atomic mass is 9.56. The monoisotopic (exact) mass is 634 g/mol. The third-order valence-electron chi connectivity index (χ3n) is 11.9. The van der Waals surface area contributed by atoms with Crippen molar-refractivity contribution in [3.63, 3.8) is 0 Å². The summed E-state index contributed by atoms with van der Waals surface area (Å²) in [4.78, 5) is 0. The molecule has 4 bridgehead atoms. The molecule has 1 aromatic rings. The highest BCUT2D eigenvalue weighted by atomic mass is 28.4. The van der Waals surface area contributed by atoms with Crippen molar-refractivity contribution in [1.29, 1.82) is 0 Å². The molecule has 1 heterocycles. The van der Waals surface area contributed by atoms with Gasteiger partial charge in [0.25, 0.3) is 0 Å². The van der Waals surface area contributed by atoms with Crippen LogP contribution in [0.5, 0.6) is 0 Å². The van der Waals surface area contributed by atoms with Gasteiger partial charge in [-0.1, -0.05) is 106 Å². The molecule has 2 aliphatic carbocycles. The highest BCUT2D eigenvalue weighted by Crippen LogP contribution is 2.63. The van der Waals surface area contributed by atoms with E-state index in [4.69, 9.17) is 18.3 Å². The maximum atomic E-state index is 13.1. The first-order chi connectivity index (χ1) is 20.3. The van der Waals surface area contributed by atoms with Gasteiger partial charge in [-0.3, -0.25) is 0 Å². The van der Waals surface area contributed by atoms with Gasteiger partial charge in [0.2, 0.25) is 8.32 Å². The molecule has 1 saturated heterocycles. The second-order valence-corrected chi connectivity index (χ2v) is 24.8. The minimum atomic E-state index is -2.49. The van der Waals surface area contributed by atoms with Gasteiger partial charge in [-0.2, -0.15) is 0 Å². The molecule has 8 atom stereocenters. The van der Waals surface area contributed by atoms with Crippen LogP contribution < -0.4 is 0 Å². The van der Waals surface area contributed by atoms with Crippen LogP contribution in [0.4, 0.5) is 0 Å². The molecule has 0 spiro atoms. The summed E-state index contributed by atoms with van der Waals surface area (Å²) in [6.07, 6.45) is 0.138. The van der Waals surface area contributed by atoms with Crippen LogP contribution in [0.3, 0.4) is 0 Å². The molecule has 0 aromatic heterocycles. The Balaban J connectivity index is 1.96. The number of rotatable bonds is 15. The zero-order valence-electron chi connectivity index (χ0n) is 28.8. The minimum absolute atomic E-state index is 0.202.